The highest BCUT2D eigenvalue weighted by Gasteiger charge is 2.17. The molecule has 0 saturated carbocycles. The lowest BCUT2D eigenvalue weighted by Crippen LogP contribution is -2.35. The number of rotatable bonds is 4. The van der Waals surface area contributed by atoms with Crippen molar-refractivity contribution in [2.75, 3.05) is 6.54 Å². The Labute approximate surface area is 105 Å². The van der Waals surface area contributed by atoms with E-state index in [2.05, 4.69) is 15.6 Å². The summed E-state index contributed by atoms with van der Waals surface area (Å²) in [7, 11) is 0. The fraction of sp³-hybridized carbons (Fsp3) is 0.636. The predicted octanol–water partition coefficient (Wildman–Crippen LogP) is 1.01. The first-order valence-electron chi connectivity index (χ1n) is 5.72. The molecule has 0 aliphatic rings. The maximum absolute atomic E-state index is 11.7. The van der Waals surface area contributed by atoms with Crippen LogP contribution in [0.15, 0.2) is 6.20 Å². The molecule has 100 valence electrons. The molecule has 0 saturated heterocycles. The Balaban J connectivity index is 2.44. The van der Waals surface area contributed by atoms with Crippen LogP contribution in [0.4, 0.5) is 4.79 Å². The number of amides is 1. The number of alkyl carbamates (subject to hydrolysis) is 1. The van der Waals surface area contributed by atoms with Crippen molar-refractivity contribution in [1.82, 2.24) is 20.3 Å². The van der Waals surface area contributed by atoms with Crippen LogP contribution in [0, 0.1) is 0 Å². The third kappa shape index (κ3) is 4.52. The number of aryl methyl sites for hydroxylation is 1. The van der Waals surface area contributed by atoms with Crippen LogP contribution in [0.5, 0.6) is 0 Å². The lowest BCUT2D eigenvalue weighted by atomic mass is 10.2. The number of ketones is 1. The molecular weight excluding hydrogens is 236 g/mol. The van der Waals surface area contributed by atoms with Gasteiger partial charge in [-0.05, 0) is 27.7 Å². The third-order valence-electron chi connectivity index (χ3n) is 1.94. The minimum absolute atomic E-state index is 0.155. The largest absolute Gasteiger partial charge is 0.444 e. The van der Waals surface area contributed by atoms with Crippen LogP contribution >= 0.6 is 0 Å². The average molecular weight is 254 g/mol. The summed E-state index contributed by atoms with van der Waals surface area (Å²) < 4.78 is 6.55. The van der Waals surface area contributed by atoms with Gasteiger partial charge in [0.25, 0.3) is 0 Å². The monoisotopic (exact) mass is 254 g/mol. The molecule has 1 N–H and O–H groups in total. The molecule has 1 aromatic rings. The molecule has 0 unspecified atom stereocenters. The highest BCUT2D eigenvalue weighted by Crippen LogP contribution is 2.06. The van der Waals surface area contributed by atoms with Crippen molar-refractivity contribution < 1.29 is 14.3 Å². The van der Waals surface area contributed by atoms with Gasteiger partial charge in [0.15, 0.2) is 5.69 Å². The van der Waals surface area contributed by atoms with Crippen LogP contribution in [-0.4, -0.2) is 39.0 Å². The van der Waals surface area contributed by atoms with Gasteiger partial charge in [0.2, 0.25) is 5.78 Å². The van der Waals surface area contributed by atoms with E-state index < -0.39 is 11.7 Å². The third-order valence-corrected chi connectivity index (χ3v) is 1.94. The van der Waals surface area contributed by atoms with Gasteiger partial charge < -0.3 is 10.1 Å². The summed E-state index contributed by atoms with van der Waals surface area (Å²) >= 11 is 0. The second kappa shape index (κ2) is 5.61. The fourth-order valence-electron chi connectivity index (χ4n) is 1.14. The second-order valence-corrected chi connectivity index (χ2v) is 4.74. The zero-order valence-electron chi connectivity index (χ0n) is 11.1. The molecule has 1 heterocycles. The maximum atomic E-state index is 11.7. The topological polar surface area (TPSA) is 86.1 Å². The molecule has 1 rings (SSSR count). The van der Waals surface area contributed by atoms with Gasteiger partial charge in [0, 0.05) is 6.54 Å². The molecule has 0 aliphatic heterocycles. The van der Waals surface area contributed by atoms with Crippen molar-refractivity contribution in [3.05, 3.63) is 11.9 Å². The number of nitrogens with zero attached hydrogens (tertiary/aromatic N) is 3. The van der Waals surface area contributed by atoms with Crippen LogP contribution in [0.25, 0.3) is 0 Å². The summed E-state index contributed by atoms with van der Waals surface area (Å²) in [6, 6.07) is 0. The first kappa shape index (κ1) is 14.1. The number of hydrogen-bond acceptors (Lipinski definition) is 5. The second-order valence-electron chi connectivity index (χ2n) is 4.74. The lowest BCUT2D eigenvalue weighted by molar-refractivity contribution is 0.0520. The quantitative estimate of drug-likeness (QED) is 0.810. The molecule has 0 radical (unpaired) electrons. The first-order valence-corrected chi connectivity index (χ1v) is 5.72. The molecule has 7 nitrogen and oxygen atoms in total. The van der Waals surface area contributed by atoms with E-state index in [0.717, 1.165) is 0 Å². The smallest absolute Gasteiger partial charge is 0.408 e. The Hall–Kier alpha value is -1.92. The van der Waals surface area contributed by atoms with Gasteiger partial charge in [-0.3, -0.25) is 9.48 Å². The summed E-state index contributed by atoms with van der Waals surface area (Å²) in [5, 5.41) is 9.83. The standard InChI is InChI=1S/C11H18N4O3/c1-5-15-7-8(13-14-15)9(16)6-12-10(17)18-11(2,3)4/h7H,5-6H2,1-4H3,(H,12,17). The molecule has 1 amide bonds. The Morgan fingerprint density at radius 2 is 2.11 bits per heavy atom. The van der Waals surface area contributed by atoms with Crippen LogP contribution in [0.2, 0.25) is 0 Å². The number of carbonyl (C=O) groups is 2. The van der Waals surface area contributed by atoms with Crippen molar-refractivity contribution in [1.29, 1.82) is 0 Å². The number of Topliss-reactive ketones (excluding diaryl/α,β-unsaturated/α-hetero) is 1. The highest BCUT2D eigenvalue weighted by molar-refractivity contribution is 5.96. The van der Waals surface area contributed by atoms with Crippen molar-refractivity contribution in [3.63, 3.8) is 0 Å². The molecule has 0 aliphatic carbocycles. The summed E-state index contributed by atoms with van der Waals surface area (Å²) in [4.78, 5) is 23.0. The molecule has 0 atom stereocenters. The van der Waals surface area contributed by atoms with Crippen molar-refractivity contribution in [2.24, 2.45) is 0 Å². The van der Waals surface area contributed by atoms with E-state index in [1.54, 1.807) is 31.6 Å². The van der Waals surface area contributed by atoms with Gasteiger partial charge in [0.1, 0.15) is 5.60 Å². The fourth-order valence-corrected chi connectivity index (χ4v) is 1.14. The van der Waals surface area contributed by atoms with Crippen molar-refractivity contribution in [3.8, 4) is 0 Å². The molecule has 0 aromatic carbocycles. The van der Waals surface area contributed by atoms with Gasteiger partial charge in [-0.25, -0.2) is 4.79 Å². The van der Waals surface area contributed by atoms with E-state index in [1.807, 2.05) is 6.92 Å². The summed E-state index contributed by atoms with van der Waals surface area (Å²) in [6.07, 6.45) is 0.915. The van der Waals surface area contributed by atoms with Crippen LogP contribution < -0.4 is 5.32 Å². The summed E-state index contributed by atoms with van der Waals surface area (Å²) in [5.41, 5.74) is -0.355. The van der Waals surface area contributed by atoms with Crippen LogP contribution in [0.1, 0.15) is 38.2 Å². The van der Waals surface area contributed by atoms with Gasteiger partial charge in [-0.1, -0.05) is 5.21 Å². The average Bonchev–Trinajstić information content (AvgIpc) is 2.72. The van der Waals surface area contributed by atoms with Crippen molar-refractivity contribution >= 4 is 11.9 Å². The zero-order chi connectivity index (χ0) is 13.8. The number of aromatic nitrogens is 3. The first-order chi connectivity index (χ1) is 8.31. The lowest BCUT2D eigenvalue weighted by Gasteiger charge is -2.19. The zero-order valence-corrected chi connectivity index (χ0v) is 11.1. The van der Waals surface area contributed by atoms with E-state index in [0.29, 0.717) is 6.54 Å². The Morgan fingerprint density at radius 1 is 1.44 bits per heavy atom. The Bertz CT molecular complexity index is 434. The van der Waals surface area contributed by atoms with E-state index in [4.69, 9.17) is 4.74 Å². The number of nitrogens with one attached hydrogen (secondary N) is 1. The molecule has 0 fully saturated rings. The number of ether oxygens (including phenoxy) is 1. The van der Waals surface area contributed by atoms with E-state index in [9.17, 15) is 9.59 Å². The molecule has 1 aromatic heterocycles. The molecule has 7 heteroatoms. The normalized spacial score (nSPS) is 11.1. The van der Waals surface area contributed by atoms with E-state index in [-0.39, 0.29) is 18.0 Å². The molecule has 0 bridgehead atoms. The summed E-state index contributed by atoms with van der Waals surface area (Å²) in [6.45, 7) is 7.63. The molecule has 18 heavy (non-hydrogen) atoms. The summed E-state index contributed by atoms with van der Waals surface area (Å²) in [5.74, 6) is -0.305. The molecule has 0 spiro atoms. The van der Waals surface area contributed by atoms with Crippen LogP contribution in [-0.2, 0) is 11.3 Å². The van der Waals surface area contributed by atoms with Gasteiger partial charge in [0.05, 0.1) is 12.7 Å². The van der Waals surface area contributed by atoms with Gasteiger partial charge in [-0.15, -0.1) is 5.10 Å². The highest BCUT2D eigenvalue weighted by atomic mass is 16.6. The minimum atomic E-state index is -0.626. The SMILES string of the molecule is CCn1cc(C(=O)CNC(=O)OC(C)(C)C)nn1. The van der Waals surface area contributed by atoms with Gasteiger partial charge in [-0.2, -0.15) is 0 Å². The Kier molecular flexibility index (Phi) is 4.41. The predicted molar refractivity (Wildman–Crippen MR) is 64.3 cm³/mol. The van der Waals surface area contributed by atoms with Gasteiger partial charge >= 0.3 is 6.09 Å². The molecular formula is C11H18N4O3. The van der Waals surface area contributed by atoms with E-state index in [1.165, 1.54) is 0 Å². The minimum Gasteiger partial charge on any atom is -0.444 e. The number of carbonyl (C=O) groups excluding carboxylic acids is 2. The van der Waals surface area contributed by atoms with Crippen molar-refractivity contribution in [2.45, 2.75) is 39.8 Å². The maximum Gasteiger partial charge on any atom is 0.408 e. The number of hydrogen-bond donors (Lipinski definition) is 1. The van der Waals surface area contributed by atoms with Crippen LogP contribution in [0.3, 0.4) is 0 Å². The van der Waals surface area contributed by atoms with E-state index >= 15 is 0 Å². The Morgan fingerprint density at radius 3 is 2.61 bits per heavy atom.